The van der Waals surface area contributed by atoms with E-state index in [0.717, 1.165) is 43.8 Å². The van der Waals surface area contributed by atoms with E-state index >= 15 is 0 Å². The summed E-state index contributed by atoms with van der Waals surface area (Å²) in [4.78, 5) is 4.60. The molecule has 0 saturated heterocycles. The van der Waals surface area contributed by atoms with E-state index in [1.54, 1.807) is 0 Å². The van der Waals surface area contributed by atoms with Gasteiger partial charge in [-0.1, -0.05) is 0 Å². The average molecular weight is 438 g/mol. The summed E-state index contributed by atoms with van der Waals surface area (Å²) in [5.74, 6) is 2.52. The fourth-order valence-corrected chi connectivity index (χ4v) is 1.76. The summed E-state index contributed by atoms with van der Waals surface area (Å²) in [7, 11) is 1.95. The number of nitrogens with one attached hydrogen (secondary N) is 2. The third kappa shape index (κ3) is 9.09. The summed E-state index contributed by atoms with van der Waals surface area (Å²) in [5.41, 5.74) is -0.0540. The molecule has 0 amide bonds. The van der Waals surface area contributed by atoms with Crippen LogP contribution in [0.2, 0.25) is 0 Å². The van der Waals surface area contributed by atoms with Crippen molar-refractivity contribution in [2.24, 2.45) is 12.0 Å². The second-order valence-corrected chi connectivity index (χ2v) is 6.24. The highest BCUT2D eigenvalue weighted by Gasteiger charge is 2.12. The van der Waals surface area contributed by atoms with Crippen molar-refractivity contribution in [2.75, 3.05) is 19.8 Å². The molecule has 0 aliphatic heterocycles. The van der Waals surface area contributed by atoms with Crippen LogP contribution in [0.3, 0.4) is 0 Å². The van der Waals surface area contributed by atoms with E-state index in [-0.39, 0.29) is 29.5 Å². The van der Waals surface area contributed by atoms with Gasteiger partial charge in [-0.3, -0.25) is 0 Å². The van der Waals surface area contributed by atoms with Crippen LogP contribution in [-0.4, -0.2) is 46.0 Å². The first kappa shape index (κ1) is 22.1. The molecule has 1 heterocycles. The molecule has 0 atom stereocenters. The number of aliphatic imine (C=N–C) groups is 1. The molecule has 8 heteroatoms. The lowest BCUT2D eigenvalue weighted by Gasteiger charge is -2.24. The first-order valence-corrected chi connectivity index (χ1v) is 7.82. The molecule has 1 aromatic rings. The van der Waals surface area contributed by atoms with Crippen LogP contribution in [0.1, 0.15) is 45.8 Å². The van der Waals surface area contributed by atoms with E-state index < -0.39 is 0 Å². The summed E-state index contributed by atoms with van der Waals surface area (Å²) >= 11 is 0. The molecule has 7 nitrogen and oxygen atoms in total. The summed E-state index contributed by atoms with van der Waals surface area (Å²) in [6.45, 7) is 13.1. The molecule has 1 rings (SSSR count). The molecule has 0 bridgehead atoms. The lowest BCUT2D eigenvalue weighted by Crippen LogP contribution is -2.48. The van der Waals surface area contributed by atoms with Crippen LogP contribution in [0.25, 0.3) is 0 Å². The van der Waals surface area contributed by atoms with Crippen molar-refractivity contribution in [1.82, 2.24) is 25.4 Å². The van der Waals surface area contributed by atoms with Gasteiger partial charge in [0.15, 0.2) is 11.8 Å². The summed E-state index contributed by atoms with van der Waals surface area (Å²) in [6, 6.07) is 0. The van der Waals surface area contributed by atoms with Gasteiger partial charge in [-0.15, -0.1) is 34.2 Å². The number of hydrogen-bond donors (Lipinski definition) is 2. The summed E-state index contributed by atoms with van der Waals surface area (Å²) < 4.78 is 7.29. The fraction of sp³-hybridized carbons (Fsp3) is 0.800. The van der Waals surface area contributed by atoms with Crippen molar-refractivity contribution in [1.29, 1.82) is 0 Å². The van der Waals surface area contributed by atoms with Crippen molar-refractivity contribution in [3.05, 3.63) is 11.6 Å². The highest BCUT2D eigenvalue weighted by atomic mass is 127. The Morgan fingerprint density at radius 2 is 2.00 bits per heavy atom. The molecule has 0 aromatic carbocycles. The maximum atomic E-state index is 5.34. The van der Waals surface area contributed by atoms with Crippen molar-refractivity contribution in [3.8, 4) is 0 Å². The van der Waals surface area contributed by atoms with Crippen molar-refractivity contribution < 1.29 is 4.74 Å². The number of nitrogens with zero attached hydrogens (tertiary/aromatic N) is 4. The van der Waals surface area contributed by atoms with Gasteiger partial charge in [-0.05, 0) is 41.0 Å². The lowest BCUT2D eigenvalue weighted by atomic mass is 10.1. The zero-order valence-electron chi connectivity index (χ0n) is 15.1. The Hall–Kier alpha value is -0.900. The predicted octanol–water partition coefficient (Wildman–Crippen LogP) is 2.00. The van der Waals surface area contributed by atoms with Gasteiger partial charge >= 0.3 is 0 Å². The van der Waals surface area contributed by atoms with Crippen LogP contribution >= 0.6 is 24.0 Å². The van der Waals surface area contributed by atoms with E-state index in [1.165, 1.54) is 0 Å². The van der Waals surface area contributed by atoms with Gasteiger partial charge < -0.3 is 19.9 Å². The fourth-order valence-electron chi connectivity index (χ4n) is 1.76. The molecular formula is C15H31IN6O. The Morgan fingerprint density at radius 3 is 2.52 bits per heavy atom. The van der Waals surface area contributed by atoms with Crippen molar-refractivity contribution in [2.45, 2.75) is 53.1 Å². The number of guanidine groups is 1. The number of rotatable bonds is 7. The van der Waals surface area contributed by atoms with Crippen LogP contribution in [0.15, 0.2) is 4.99 Å². The van der Waals surface area contributed by atoms with E-state index in [0.29, 0.717) is 6.54 Å². The standard InChI is InChI=1S/C15H30N6O.HI/c1-7-22-10-8-9-16-14(18-15(3,4)5)17-11-13-20-19-12(2)21(13)6;/h7-11H2,1-6H3,(H2,16,17,18);1H. The quantitative estimate of drug-likeness (QED) is 0.295. The highest BCUT2D eigenvalue weighted by molar-refractivity contribution is 14.0. The van der Waals surface area contributed by atoms with E-state index in [1.807, 2.05) is 25.5 Å². The first-order chi connectivity index (χ1) is 10.3. The molecule has 0 saturated carbocycles. The average Bonchev–Trinajstić information content (AvgIpc) is 2.74. The van der Waals surface area contributed by atoms with E-state index in [4.69, 9.17) is 4.74 Å². The van der Waals surface area contributed by atoms with Crippen molar-refractivity contribution >= 4 is 29.9 Å². The SMILES string of the molecule is CCOCCCNC(=NCc1nnc(C)n1C)NC(C)(C)C.I. The normalized spacial score (nSPS) is 12.0. The minimum atomic E-state index is -0.0540. The maximum Gasteiger partial charge on any atom is 0.192 e. The molecule has 0 radical (unpaired) electrons. The van der Waals surface area contributed by atoms with Crippen LogP contribution in [0, 0.1) is 6.92 Å². The molecule has 0 aliphatic rings. The van der Waals surface area contributed by atoms with Crippen LogP contribution in [0.4, 0.5) is 0 Å². The van der Waals surface area contributed by atoms with Gasteiger partial charge in [0.2, 0.25) is 0 Å². The Kier molecular flexibility index (Phi) is 10.4. The van der Waals surface area contributed by atoms with Crippen molar-refractivity contribution in [3.63, 3.8) is 0 Å². The molecule has 0 unspecified atom stereocenters. The topological polar surface area (TPSA) is 76.4 Å². The molecule has 0 fully saturated rings. The largest absolute Gasteiger partial charge is 0.382 e. The van der Waals surface area contributed by atoms with E-state index in [2.05, 4.69) is 46.6 Å². The van der Waals surface area contributed by atoms with Crippen LogP contribution in [0.5, 0.6) is 0 Å². The Labute approximate surface area is 156 Å². The zero-order chi connectivity index (χ0) is 16.6. The molecule has 0 spiro atoms. The van der Waals surface area contributed by atoms with Gasteiger partial charge in [-0.2, -0.15) is 0 Å². The molecule has 134 valence electrons. The molecule has 2 N–H and O–H groups in total. The smallest absolute Gasteiger partial charge is 0.192 e. The number of hydrogen-bond acceptors (Lipinski definition) is 4. The monoisotopic (exact) mass is 438 g/mol. The number of ether oxygens (including phenoxy) is 1. The van der Waals surface area contributed by atoms with E-state index in [9.17, 15) is 0 Å². The lowest BCUT2D eigenvalue weighted by molar-refractivity contribution is 0.145. The number of halogens is 1. The maximum absolute atomic E-state index is 5.34. The van der Waals surface area contributed by atoms with Gasteiger partial charge in [0.05, 0.1) is 0 Å². The van der Waals surface area contributed by atoms with Crippen LogP contribution in [-0.2, 0) is 18.3 Å². The van der Waals surface area contributed by atoms with Gasteiger partial charge in [-0.25, -0.2) is 4.99 Å². The van der Waals surface area contributed by atoms with Gasteiger partial charge in [0, 0.05) is 32.3 Å². The minimum Gasteiger partial charge on any atom is -0.382 e. The Balaban J connectivity index is 0.00000484. The molecule has 23 heavy (non-hydrogen) atoms. The van der Waals surface area contributed by atoms with Gasteiger partial charge in [0.25, 0.3) is 0 Å². The Morgan fingerprint density at radius 1 is 1.30 bits per heavy atom. The summed E-state index contributed by atoms with van der Waals surface area (Å²) in [5, 5.41) is 14.9. The zero-order valence-corrected chi connectivity index (χ0v) is 17.5. The second-order valence-electron chi connectivity index (χ2n) is 6.24. The Bertz CT molecular complexity index is 481. The van der Waals surface area contributed by atoms with Gasteiger partial charge in [0.1, 0.15) is 12.4 Å². The van der Waals surface area contributed by atoms with Crippen LogP contribution < -0.4 is 10.6 Å². The second kappa shape index (κ2) is 10.8. The molecular weight excluding hydrogens is 407 g/mol. The number of aromatic nitrogens is 3. The molecule has 1 aromatic heterocycles. The predicted molar refractivity (Wildman–Crippen MR) is 104 cm³/mol. The molecule has 0 aliphatic carbocycles. The highest BCUT2D eigenvalue weighted by Crippen LogP contribution is 2.01. The number of aryl methyl sites for hydroxylation is 1. The third-order valence-electron chi connectivity index (χ3n) is 3.02. The third-order valence-corrected chi connectivity index (χ3v) is 3.02. The first-order valence-electron chi connectivity index (χ1n) is 7.82. The summed E-state index contributed by atoms with van der Waals surface area (Å²) in [6.07, 6.45) is 0.946. The minimum absolute atomic E-state index is 0.